The van der Waals surface area contributed by atoms with Crippen LogP contribution in [0, 0.1) is 0 Å². The zero-order valence-electron chi connectivity index (χ0n) is 10.5. The van der Waals surface area contributed by atoms with Crippen LogP contribution in [0.5, 0.6) is 0 Å². The first-order valence-corrected chi connectivity index (χ1v) is 6.30. The van der Waals surface area contributed by atoms with E-state index in [9.17, 15) is 0 Å². The maximum absolute atomic E-state index is 2.23. The predicted molar refractivity (Wildman–Crippen MR) is 78.0 cm³/mol. The van der Waals surface area contributed by atoms with E-state index >= 15 is 0 Å². The zero-order valence-corrected chi connectivity index (χ0v) is 10.5. The standard InChI is InChI=1S/C15H12.C2H6/c1-2-6-12-10-11-13-7-4-5-9-15(13)14(12)8-3-1;1-2/h2-11H,1H2;1-2H3. The summed E-state index contributed by atoms with van der Waals surface area (Å²) in [6.07, 6.45) is 9.90. The van der Waals surface area contributed by atoms with E-state index in [1.165, 1.54) is 21.9 Å². The molecule has 0 aromatic heterocycles. The topological polar surface area (TPSA) is 0 Å². The molecule has 17 heavy (non-hydrogen) atoms. The van der Waals surface area contributed by atoms with Crippen LogP contribution in [0.1, 0.15) is 31.4 Å². The quantitative estimate of drug-likeness (QED) is 0.567. The number of rotatable bonds is 0. The first-order chi connectivity index (χ1) is 8.45. The second-order valence-electron chi connectivity index (χ2n) is 3.83. The number of fused-ring (bicyclic) bond motifs is 3. The summed E-state index contributed by atoms with van der Waals surface area (Å²) in [5, 5.41) is 2.66. The van der Waals surface area contributed by atoms with Crippen molar-refractivity contribution in [1.29, 1.82) is 0 Å². The van der Waals surface area contributed by atoms with Crippen molar-refractivity contribution < 1.29 is 0 Å². The summed E-state index contributed by atoms with van der Waals surface area (Å²) in [6, 6.07) is 12.9. The molecule has 1 aliphatic carbocycles. The summed E-state index contributed by atoms with van der Waals surface area (Å²) in [5.74, 6) is 0. The van der Waals surface area contributed by atoms with E-state index in [0.717, 1.165) is 6.42 Å². The average Bonchev–Trinajstić information content (AvgIpc) is 2.66. The Labute approximate surface area is 103 Å². The molecule has 1 aliphatic rings. The van der Waals surface area contributed by atoms with Gasteiger partial charge < -0.3 is 0 Å². The average molecular weight is 222 g/mol. The van der Waals surface area contributed by atoms with Crippen LogP contribution in [0.3, 0.4) is 0 Å². The lowest BCUT2D eigenvalue weighted by Gasteiger charge is -2.05. The molecule has 0 N–H and O–H groups in total. The fraction of sp³-hybridized carbons (Fsp3) is 0.176. The minimum atomic E-state index is 1.03. The molecule has 0 heterocycles. The van der Waals surface area contributed by atoms with Gasteiger partial charge in [-0.3, -0.25) is 0 Å². The maximum Gasteiger partial charge on any atom is -0.0106 e. The molecule has 0 nitrogen and oxygen atoms in total. The Morgan fingerprint density at radius 2 is 1.59 bits per heavy atom. The van der Waals surface area contributed by atoms with Gasteiger partial charge in [0.1, 0.15) is 0 Å². The van der Waals surface area contributed by atoms with Gasteiger partial charge in [-0.2, -0.15) is 0 Å². The number of allylic oxidation sites excluding steroid dienone is 2. The van der Waals surface area contributed by atoms with E-state index < -0.39 is 0 Å². The van der Waals surface area contributed by atoms with Gasteiger partial charge in [0.15, 0.2) is 0 Å². The minimum absolute atomic E-state index is 1.03. The van der Waals surface area contributed by atoms with Crippen LogP contribution in [-0.4, -0.2) is 0 Å². The molecule has 86 valence electrons. The first-order valence-electron chi connectivity index (χ1n) is 6.30. The molecule has 0 saturated carbocycles. The van der Waals surface area contributed by atoms with Crippen LogP contribution in [0.15, 0.2) is 48.6 Å². The van der Waals surface area contributed by atoms with Crippen molar-refractivity contribution in [2.24, 2.45) is 0 Å². The normalized spacial score (nSPS) is 12.6. The first kappa shape index (κ1) is 11.7. The van der Waals surface area contributed by atoms with Crippen molar-refractivity contribution in [3.63, 3.8) is 0 Å². The predicted octanol–water partition coefficient (Wildman–Crippen LogP) is 5.30. The second kappa shape index (κ2) is 5.49. The molecule has 2 aromatic carbocycles. The van der Waals surface area contributed by atoms with Crippen LogP contribution in [0.4, 0.5) is 0 Å². The van der Waals surface area contributed by atoms with Gasteiger partial charge >= 0.3 is 0 Å². The Balaban J connectivity index is 0.000000514. The van der Waals surface area contributed by atoms with Gasteiger partial charge in [-0.05, 0) is 28.3 Å². The fourth-order valence-electron chi connectivity index (χ4n) is 2.10. The summed E-state index contributed by atoms with van der Waals surface area (Å²) in [6.45, 7) is 4.00. The minimum Gasteiger partial charge on any atom is -0.0801 e. The van der Waals surface area contributed by atoms with E-state index in [1.807, 2.05) is 13.8 Å². The summed E-state index contributed by atoms with van der Waals surface area (Å²) < 4.78 is 0. The molecule has 3 rings (SSSR count). The molecule has 0 heteroatoms. The van der Waals surface area contributed by atoms with E-state index in [2.05, 4.69) is 60.7 Å². The lowest BCUT2D eigenvalue weighted by Crippen LogP contribution is -1.82. The summed E-state index contributed by atoms with van der Waals surface area (Å²) in [4.78, 5) is 0. The van der Waals surface area contributed by atoms with Crippen molar-refractivity contribution >= 4 is 22.9 Å². The Morgan fingerprint density at radius 3 is 2.47 bits per heavy atom. The summed E-state index contributed by atoms with van der Waals surface area (Å²) >= 11 is 0. The third kappa shape index (κ3) is 2.31. The van der Waals surface area contributed by atoms with Crippen LogP contribution in [-0.2, 0) is 0 Å². The van der Waals surface area contributed by atoms with Gasteiger partial charge in [-0.25, -0.2) is 0 Å². The van der Waals surface area contributed by atoms with Crippen molar-refractivity contribution in [3.8, 4) is 0 Å². The molecule has 0 amide bonds. The molecule has 0 unspecified atom stereocenters. The fourth-order valence-corrected chi connectivity index (χ4v) is 2.10. The van der Waals surface area contributed by atoms with Crippen LogP contribution >= 0.6 is 0 Å². The highest BCUT2D eigenvalue weighted by Crippen LogP contribution is 2.26. The molecule has 2 aromatic rings. The van der Waals surface area contributed by atoms with Gasteiger partial charge in [0.2, 0.25) is 0 Å². The van der Waals surface area contributed by atoms with E-state index in [4.69, 9.17) is 0 Å². The van der Waals surface area contributed by atoms with Gasteiger partial charge in [-0.1, -0.05) is 74.5 Å². The highest BCUT2D eigenvalue weighted by atomic mass is 14.1. The molecule has 0 fully saturated rings. The molecule has 0 aliphatic heterocycles. The summed E-state index contributed by atoms with van der Waals surface area (Å²) in [7, 11) is 0. The highest BCUT2D eigenvalue weighted by molar-refractivity contribution is 5.94. The Kier molecular flexibility index (Phi) is 3.77. The molecule has 0 bridgehead atoms. The molecular weight excluding hydrogens is 204 g/mol. The van der Waals surface area contributed by atoms with E-state index in [1.54, 1.807) is 0 Å². The molecule has 0 atom stereocenters. The van der Waals surface area contributed by atoms with Gasteiger partial charge in [-0.15, -0.1) is 0 Å². The molecular formula is C17H18. The maximum atomic E-state index is 2.23. The van der Waals surface area contributed by atoms with Gasteiger partial charge in [0.25, 0.3) is 0 Å². The number of hydrogen-bond donors (Lipinski definition) is 0. The Hall–Kier alpha value is -1.82. The Morgan fingerprint density at radius 1 is 0.824 bits per heavy atom. The highest BCUT2D eigenvalue weighted by Gasteiger charge is 2.03. The Bertz CT molecular complexity index is 559. The number of hydrogen-bond acceptors (Lipinski definition) is 0. The smallest absolute Gasteiger partial charge is 0.0106 e. The zero-order chi connectivity index (χ0) is 12.1. The largest absolute Gasteiger partial charge is 0.0801 e. The van der Waals surface area contributed by atoms with Crippen LogP contribution in [0.25, 0.3) is 22.9 Å². The third-order valence-electron chi connectivity index (χ3n) is 2.86. The van der Waals surface area contributed by atoms with Crippen molar-refractivity contribution in [1.82, 2.24) is 0 Å². The third-order valence-corrected chi connectivity index (χ3v) is 2.86. The summed E-state index contributed by atoms with van der Waals surface area (Å²) in [5.41, 5.74) is 2.67. The molecule has 0 saturated heterocycles. The van der Waals surface area contributed by atoms with Crippen LogP contribution < -0.4 is 0 Å². The lowest BCUT2D eigenvalue weighted by molar-refractivity contribution is 1.44. The van der Waals surface area contributed by atoms with Crippen molar-refractivity contribution in [3.05, 3.63) is 59.7 Å². The van der Waals surface area contributed by atoms with Gasteiger partial charge in [0.05, 0.1) is 0 Å². The number of benzene rings is 2. The second-order valence-corrected chi connectivity index (χ2v) is 3.83. The molecule has 0 radical (unpaired) electrons. The van der Waals surface area contributed by atoms with Crippen molar-refractivity contribution in [2.75, 3.05) is 0 Å². The van der Waals surface area contributed by atoms with E-state index in [0.29, 0.717) is 0 Å². The van der Waals surface area contributed by atoms with Crippen molar-refractivity contribution in [2.45, 2.75) is 20.3 Å². The van der Waals surface area contributed by atoms with Crippen LogP contribution in [0.2, 0.25) is 0 Å². The van der Waals surface area contributed by atoms with E-state index in [-0.39, 0.29) is 0 Å². The van der Waals surface area contributed by atoms with Gasteiger partial charge in [0, 0.05) is 0 Å². The molecule has 0 spiro atoms. The lowest BCUT2D eigenvalue weighted by atomic mass is 9.99. The monoisotopic (exact) mass is 222 g/mol. The SMILES string of the molecule is C1=Cc2ccc3ccccc3c2C=CC1.CC.